The molecule has 0 spiro atoms. The molecule has 0 aromatic heterocycles. The van der Waals surface area contributed by atoms with Crippen LogP contribution in [0.4, 0.5) is 0 Å². The van der Waals surface area contributed by atoms with Crippen LogP contribution >= 0.6 is 0 Å². The highest BCUT2D eigenvalue weighted by atomic mass is 16.7. The van der Waals surface area contributed by atoms with E-state index < -0.39 is 0 Å². The minimum atomic E-state index is -0.214. The second-order valence-electron chi connectivity index (χ2n) is 5.26. The van der Waals surface area contributed by atoms with Crippen LogP contribution in [-0.4, -0.2) is 30.0 Å². The van der Waals surface area contributed by atoms with Crippen LogP contribution in [0.15, 0.2) is 0 Å². The predicted octanol–water partition coefficient (Wildman–Crippen LogP) is 2.24. The summed E-state index contributed by atoms with van der Waals surface area (Å²) in [4.78, 5) is 0. The number of hydrogen-bond donors (Lipinski definition) is 1. The van der Waals surface area contributed by atoms with Crippen LogP contribution in [0.3, 0.4) is 0 Å². The van der Waals surface area contributed by atoms with Crippen molar-refractivity contribution in [1.29, 1.82) is 0 Å². The third-order valence-electron chi connectivity index (χ3n) is 3.40. The SMILES string of the molecule is CC1(C)OB(CCCCCO)OC1(C)C. The summed E-state index contributed by atoms with van der Waals surface area (Å²) in [6.07, 6.45) is 3.89. The Hall–Kier alpha value is -0.0551. The molecule has 0 saturated carbocycles. The Kier molecular flexibility index (Phi) is 4.21. The Bertz CT molecular complexity index is 188. The molecule has 1 N–H and O–H groups in total. The monoisotopic (exact) mass is 214 g/mol. The molecule has 1 saturated heterocycles. The van der Waals surface area contributed by atoms with Crippen LogP contribution in [0.2, 0.25) is 6.32 Å². The van der Waals surface area contributed by atoms with Gasteiger partial charge in [0.1, 0.15) is 0 Å². The maximum absolute atomic E-state index is 8.66. The van der Waals surface area contributed by atoms with Crippen molar-refractivity contribution in [2.75, 3.05) is 6.61 Å². The van der Waals surface area contributed by atoms with Gasteiger partial charge in [-0.15, -0.1) is 0 Å². The Morgan fingerprint density at radius 2 is 1.47 bits per heavy atom. The van der Waals surface area contributed by atoms with E-state index in [1.165, 1.54) is 0 Å². The zero-order valence-corrected chi connectivity index (χ0v) is 10.4. The van der Waals surface area contributed by atoms with Crippen molar-refractivity contribution in [3.63, 3.8) is 0 Å². The van der Waals surface area contributed by atoms with Crippen LogP contribution in [-0.2, 0) is 9.31 Å². The maximum atomic E-state index is 8.66. The van der Waals surface area contributed by atoms with E-state index in [4.69, 9.17) is 14.4 Å². The average molecular weight is 214 g/mol. The molecule has 88 valence electrons. The van der Waals surface area contributed by atoms with Gasteiger partial charge in [0, 0.05) is 6.61 Å². The second kappa shape index (κ2) is 4.85. The molecule has 0 aliphatic carbocycles. The standard InChI is InChI=1S/C11H23BO3/c1-10(2)11(3,4)15-12(14-10)8-6-5-7-9-13/h13H,5-9H2,1-4H3. The van der Waals surface area contributed by atoms with Gasteiger partial charge in [-0.05, 0) is 40.4 Å². The number of hydrogen-bond acceptors (Lipinski definition) is 3. The Balaban J connectivity index is 2.30. The Labute approximate surface area is 93.3 Å². The molecule has 0 aromatic rings. The van der Waals surface area contributed by atoms with E-state index >= 15 is 0 Å². The lowest BCUT2D eigenvalue weighted by molar-refractivity contribution is 0.00578. The van der Waals surface area contributed by atoms with Gasteiger partial charge in [-0.3, -0.25) is 0 Å². The van der Waals surface area contributed by atoms with Crippen molar-refractivity contribution >= 4 is 7.12 Å². The average Bonchev–Trinajstić information content (AvgIpc) is 2.30. The van der Waals surface area contributed by atoms with E-state index in [9.17, 15) is 0 Å². The fourth-order valence-corrected chi connectivity index (χ4v) is 1.68. The third kappa shape index (κ3) is 3.20. The minimum absolute atomic E-state index is 0.0753. The summed E-state index contributed by atoms with van der Waals surface area (Å²) in [5, 5.41) is 8.66. The van der Waals surface area contributed by atoms with E-state index in [-0.39, 0.29) is 24.9 Å². The van der Waals surface area contributed by atoms with Gasteiger partial charge in [-0.25, -0.2) is 0 Å². The topological polar surface area (TPSA) is 38.7 Å². The van der Waals surface area contributed by atoms with Gasteiger partial charge in [0.2, 0.25) is 0 Å². The van der Waals surface area contributed by atoms with Crippen LogP contribution in [0, 0.1) is 0 Å². The molecule has 1 aliphatic rings. The summed E-state index contributed by atoms with van der Waals surface area (Å²) >= 11 is 0. The molecular weight excluding hydrogens is 191 g/mol. The van der Waals surface area contributed by atoms with Crippen molar-refractivity contribution in [3.05, 3.63) is 0 Å². The highest BCUT2D eigenvalue weighted by molar-refractivity contribution is 6.45. The molecule has 15 heavy (non-hydrogen) atoms. The molecule has 1 aliphatic heterocycles. The van der Waals surface area contributed by atoms with Gasteiger partial charge in [0.25, 0.3) is 0 Å². The molecule has 4 heteroatoms. The lowest BCUT2D eigenvalue weighted by atomic mass is 9.82. The highest BCUT2D eigenvalue weighted by Crippen LogP contribution is 2.38. The molecule has 0 amide bonds. The normalized spacial score (nSPS) is 23.4. The van der Waals surface area contributed by atoms with E-state index in [2.05, 4.69) is 27.7 Å². The first-order valence-corrected chi connectivity index (χ1v) is 5.85. The molecule has 0 atom stereocenters. The second-order valence-corrected chi connectivity index (χ2v) is 5.26. The van der Waals surface area contributed by atoms with Gasteiger partial charge in [-0.1, -0.05) is 12.8 Å². The summed E-state index contributed by atoms with van der Waals surface area (Å²) in [6, 6.07) is 0. The first kappa shape index (κ1) is 13.0. The number of aliphatic hydroxyl groups is 1. The van der Waals surface area contributed by atoms with Gasteiger partial charge >= 0.3 is 7.12 Å². The number of rotatable bonds is 5. The van der Waals surface area contributed by atoms with Gasteiger partial charge in [-0.2, -0.15) is 0 Å². The lowest BCUT2D eigenvalue weighted by Crippen LogP contribution is -2.41. The summed E-state index contributed by atoms with van der Waals surface area (Å²) in [5.41, 5.74) is -0.427. The van der Waals surface area contributed by atoms with E-state index in [0.717, 1.165) is 25.6 Å². The van der Waals surface area contributed by atoms with Gasteiger partial charge in [0.05, 0.1) is 11.2 Å². The van der Waals surface area contributed by atoms with Gasteiger partial charge < -0.3 is 14.4 Å². The molecule has 0 unspecified atom stereocenters. The van der Waals surface area contributed by atoms with E-state index in [0.29, 0.717) is 0 Å². The minimum Gasteiger partial charge on any atom is -0.403 e. The van der Waals surface area contributed by atoms with Crippen LogP contribution in [0.5, 0.6) is 0 Å². The van der Waals surface area contributed by atoms with Crippen LogP contribution < -0.4 is 0 Å². The molecular formula is C11H23BO3. The summed E-state index contributed by atoms with van der Waals surface area (Å²) in [6.45, 7) is 8.56. The highest BCUT2D eigenvalue weighted by Gasteiger charge is 2.50. The van der Waals surface area contributed by atoms with Crippen molar-refractivity contribution in [2.24, 2.45) is 0 Å². The van der Waals surface area contributed by atoms with Crippen molar-refractivity contribution < 1.29 is 14.4 Å². The van der Waals surface area contributed by atoms with Crippen LogP contribution in [0.1, 0.15) is 47.0 Å². The molecule has 1 rings (SSSR count). The molecule has 3 nitrogen and oxygen atoms in total. The Morgan fingerprint density at radius 3 is 1.93 bits per heavy atom. The quantitative estimate of drug-likeness (QED) is 0.563. The fourth-order valence-electron chi connectivity index (χ4n) is 1.68. The zero-order chi connectivity index (χ0) is 11.5. The van der Waals surface area contributed by atoms with Crippen LogP contribution in [0.25, 0.3) is 0 Å². The molecule has 1 fully saturated rings. The largest absolute Gasteiger partial charge is 0.457 e. The summed E-state index contributed by atoms with van der Waals surface area (Å²) < 4.78 is 11.7. The van der Waals surface area contributed by atoms with Crippen molar-refractivity contribution in [1.82, 2.24) is 0 Å². The first-order valence-electron chi connectivity index (χ1n) is 5.85. The zero-order valence-electron chi connectivity index (χ0n) is 10.4. The van der Waals surface area contributed by atoms with E-state index in [1.807, 2.05) is 0 Å². The molecule has 0 radical (unpaired) electrons. The third-order valence-corrected chi connectivity index (χ3v) is 3.40. The number of aliphatic hydroxyl groups excluding tert-OH is 1. The fraction of sp³-hybridized carbons (Fsp3) is 1.00. The first-order chi connectivity index (χ1) is 6.89. The molecule has 0 bridgehead atoms. The van der Waals surface area contributed by atoms with Crippen molar-refractivity contribution in [3.8, 4) is 0 Å². The van der Waals surface area contributed by atoms with Gasteiger partial charge in [0.15, 0.2) is 0 Å². The van der Waals surface area contributed by atoms with E-state index in [1.54, 1.807) is 0 Å². The summed E-state index contributed by atoms with van der Waals surface area (Å²) in [5.74, 6) is 0. The summed E-state index contributed by atoms with van der Waals surface area (Å²) in [7, 11) is -0.0753. The van der Waals surface area contributed by atoms with Crippen molar-refractivity contribution in [2.45, 2.75) is 64.5 Å². The molecule has 0 aromatic carbocycles. The lowest BCUT2D eigenvalue weighted by Gasteiger charge is -2.32. The Morgan fingerprint density at radius 1 is 0.933 bits per heavy atom. The molecule has 1 heterocycles. The predicted molar refractivity (Wildman–Crippen MR) is 61.8 cm³/mol. The maximum Gasteiger partial charge on any atom is 0.457 e. The smallest absolute Gasteiger partial charge is 0.403 e. The number of unbranched alkanes of at least 4 members (excludes halogenated alkanes) is 2.